The molecule has 0 spiro atoms. The number of nitrogens with zero attached hydrogens (tertiary/aromatic N) is 2. The largest absolute Gasteiger partial charge is 0.348 e. The number of hydrogen-bond donors (Lipinski definition) is 1. The normalized spacial score (nSPS) is 20.3. The van der Waals surface area contributed by atoms with E-state index in [1.807, 2.05) is 36.7 Å². The van der Waals surface area contributed by atoms with Crippen LogP contribution in [0.25, 0.3) is 22.2 Å². The summed E-state index contributed by atoms with van der Waals surface area (Å²) in [5.41, 5.74) is 4.49. The van der Waals surface area contributed by atoms with Crippen LogP contribution in [0.15, 0.2) is 67.0 Å². The predicted octanol–water partition coefficient (Wildman–Crippen LogP) is 7.36. The average Bonchev–Trinajstić information content (AvgIpc) is 3.29. The quantitative estimate of drug-likeness (QED) is 0.378. The molecular formula is C26H26ClN3. The van der Waals surface area contributed by atoms with Crippen molar-refractivity contribution in [2.75, 3.05) is 0 Å². The molecule has 2 heterocycles. The highest BCUT2D eigenvalue weighted by Crippen LogP contribution is 2.43. The van der Waals surface area contributed by atoms with Gasteiger partial charge in [0.15, 0.2) is 0 Å². The fraction of sp³-hybridized carbons (Fsp3) is 0.308. The smallest absolute Gasteiger partial charge is 0.109 e. The Hall–Kier alpha value is -2.65. The number of para-hydroxylation sites is 1. The number of imidazole rings is 1. The predicted molar refractivity (Wildman–Crippen MR) is 124 cm³/mol. The molecule has 30 heavy (non-hydrogen) atoms. The van der Waals surface area contributed by atoms with E-state index in [0.717, 1.165) is 27.6 Å². The Morgan fingerprint density at radius 1 is 0.967 bits per heavy atom. The van der Waals surface area contributed by atoms with E-state index >= 15 is 0 Å². The van der Waals surface area contributed by atoms with Crippen molar-refractivity contribution in [2.24, 2.45) is 5.92 Å². The molecule has 1 atom stereocenters. The monoisotopic (exact) mass is 415 g/mol. The molecule has 1 fully saturated rings. The zero-order valence-corrected chi connectivity index (χ0v) is 17.9. The lowest BCUT2D eigenvalue weighted by atomic mass is 9.73. The number of fused-ring (bicyclic) bond motifs is 1. The van der Waals surface area contributed by atoms with Crippen LogP contribution in [0.5, 0.6) is 0 Å². The minimum absolute atomic E-state index is 0.413. The lowest BCUT2D eigenvalue weighted by Gasteiger charge is -2.32. The Balaban J connectivity index is 1.29. The third-order valence-electron chi connectivity index (χ3n) is 6.78. The van der Waals surface area contributed by atoms with Gasteiger partial charge in [-0.05, 0) is 61.3 Å². The molecule has 0 saturated heterocycles. The zero-order chi connectivity index (χ0) is 20.5. The van der Waals surface area contributed by atoms with E-state index in [1.54, 1.807) is 0 Å². The number of halogens is 1. The van der Waals surface area contributed by atoms with Gasteiger partial charge in [0.05, 0.1) is 16.2 Å². The highest BCUT2D eigenvalue weighted by atomic mass is 35.5. The second-order valence-electron chi connectivity index (χ2n) is 8.47. The molecule has 152 valence electrons. The summed E-state index contributed by atoms with van der Waals surface area (Å²) in [4.78, 5) is 12.8. The molecule has 1 aliphatic rings. The van der Waals surface area contributed by atoms with Gasteiger partial charge in [-0.2, -0.15) is 0 Å². The fourth-order valence-corrected chi connectivity index (χ4v) is 5.24. The molecule has 3 nitrogen and oxygen atoms in total. The summed E-state index contributed by atoms with van der Waals surface area (Å²) in [7, 11) is 0. The second-order valence-corrected chi connectivity index (χ2v) is 8.88. The van der Waals surface area contributed by atoms with E-state index in [9.17, 15) is 0 Å². The SMILES string of the molecule is C[C@@H](c1nc(-c2ccccc2Cl)c[nH]1)C1CCC(c2ccnc3ccccc23)CC1. The number of aromatic nitrogens is 3. The van der Waals surface area contributed by atoms with Crippen LogP contribution >= 0.6 is 11.6 Å². The molecule has 0 unspecified atom stereocenters. The van der Waals surface area contributed by atoms with Gasteiger partial charge in [0, 0.05) is 29.3 Å². The minimum Gasteiger partial charge on any atom is -0.348 e. The molecule has 5 rings (SSSR count). The van der Waals surface area contributed by atoms with E-state index in [2.05, 4.69) is 47.2 Å². The van der Waals surface area contributed by atoms with Crippen molar-refractivity contribution in [2.45, 2.75) is 44.4 Å². The lowest BCUT2D eigenvalue weighted by molar-refractivity contribution is 0.286. The molecule has 2 aromatic carbocycles. The van der Waals surface area contributed by atoms with Crippen molar-refractivity contribution in [3.63, 3.8) is 0 Å². The first kappa shape index (κ1) is 19.3. The van der Waals surface area contributed by atoms with Crippen LogP contribution in [0.4, 0.5) is 0 Å². The molecule has 1 saturated carbocycles. The summed E-state index contributed by atoms with van der Waals surface area (Å²) < 4.78 is 0. The molecule has 0 aliphatic heterocycles. The van der Waals surface area contributed by atoms with Crippen LogP contribution in [0.2, 0.25) is 5.02 Å². The first-order valence-electron chi connectivity index (χ1n) is 10.8. The van der Waals surface area contributed by atoms with Crippen molar-refractivity contribution in [3.05, 3.63) is 83.4 Å². The number of aromatic amines is 1. The summed E-state index contributed by atoms with van der Waals surface area (Å²) in [6, 6.07) is 18.6. The number of benzene rings is 2. The summed E-state index contributed by atoms with van der Waals surface area (Å²) in [6.07, 6.45) is 8.85. The lowest BCUT2D eigenvalue weighted by Crippen LogP contribution is -2.19. The summed E-state index contributed by atoms with van der Waals surface area (Å²) in [5.74, 6) is 2.76. The van der Waals surface area contributed by atoms with Gasteiger partial charge in [0.25, 0.3) is 0 Å². The Bertz CT molecular complexity index is 1150. The number of hydrogen-bond acceptors (Lipinski definition) is 2. The number of nitrogens with one attached hydrogen (secondary N) is 1. The topological polar surface area (TPSA) is 41.6 Å². The van der Waals surface area contributed by atoms with Crippen molar-refractivity contribution < 1.29 is 0 Å². The Morgan fingerprint density at radius 2 is 1.73 bits per heavy atom. The molecule has 2 aromatic heterocycles. The molecule has 0 radical (unpaired) electrons. The molecule has 1 N–H and O–H groups in total. The highest BCUT2D eigenvalue weighted by Gasteiger charge is 2.29. The van der Waals surface area contributed by atoms with E-state index in [0.29, 0.717) is 17.8 Å². The van der Waals surface area contributed by atoms with Crippen molar-refractivity contribution in [3.8, 4) is 11.3 Å². The van der Waals surface area contributed by atoms with Gasteiger partial charge >= 0.3 is 0 Å². The molecule has 1 aliphatic carbocycles. The van der Waals surface area contributed by atoms with Crippen LogP contribution in [0.3, 0.4) is 0 Å². The van der Waals surface area contributed by atoms with E-state index < -0.39 is 0 Å². The maximum Gasteiger partial charge on any atom is 0.109 e. The first-order valence-corrected chi connectivity index (χ1v) is 11.2. The van der Waals surface area contributed by atoms with Crippen LogP contribution in [-0.2, 0) is 0 Å². The zero-order valence-electron chi connectivity index (χ0n) is 17.2. The summed E-state index contributed by atoms with van der Waals surface area (Å²) in [5, 5.41) is 2.06. The molecular weight excluding hydrogens is 390 g/mol. The fourth-order valence-electron chi connectivity index (χ4n) is 5.00. The van der Waals surface area contributed by atoms with Gasteiger partial charge in [-0.3, -0.25) is 4.98 Å². The number of H-pyrrole nitrogens is 1. The second kappa shape index (κ2) is 8.23. The van der Waals surface area contributed by atoms with Gasteiger partial charge in [-0.15, -0.1) is 0 Å². The van der Waals surface area contributed by atoms with E-state index in [1.165, 1.54) is 36.6 Å². The van der Waals surface area contributed by atoms with Gasteiger partial charge in [0.1, 0.15) is 5.82 Å². The van der Waals surface area contributed by atoms with Gasteiger partial charge in [-0.1, -0.05) is 54.9 Å². The van der Waals surface area contributed by atoms with Crippen molar-refractivity contribution in [1.82, 2.24) is 15.0 Å². The summed E-state index contributed by atoms with van der Waals surface area (Å²) >= 11 is 6.35. The van der Waals surface area contributed by atoms with Crippen LogP contribution in [0.1, 0.15) is 55.8 Å². The van der Waals surface area contributed by atoms with Crippen LogP contribution in [-0.4, -0.2) is 15.0 Å². The van der Waals surface area contributed by atoms with Crippen LogP contribution in [0, 0.1) is 5.92 Å². The first-order chi connectivity index (χ1) is 14.7. The Morgan fingerprint density at radius 3 is 2.57 bits per heavy atom. The maximum atomic E-state index is 6.35. The average molecular weight is 416 g/mol. The van der Waals surface area contributed by atoms with Gasteiger partial charge in [0.2, 0.25) is 0 Å². The molecule has 0 amide bonds. The minimum atomic E-state index is 0.413. The van der Waals surface area contributed by atoms with Gasteiger partial charge < -0.3 is 4.98 Å². The summed E-state index contributed by atoms with van der Waals surface area (Å²) in [6.45, 7) is 2.31. The standard InChI is InChI=1S/C26H26ClN3/c1-17(26-29-16-25(30-26)22-7-2-4-8-23(22)27)18-10-12-19(13-11-18)20-14-15-28-24-9-5-3-6-21(20)24/h2-9,14-19H,10-13H2,1H3,(H,29,30)/t17-,18?,19?/m1/s1. The molecule has 0 bridgehead atoms. The Kier molecular flexibility index (Phi) is 5.30. The number of pyridine rings is 1. The highest BCUT2D eigenvalue weighted by molar-refractivity contribution is 6.33. The Labute approximate surface area is 182 Å². The van der Waals surface area contributed by atoms with E-state index in [4.69, 9.17) is 16.6 Å². The van der Waals surface area contributed by atoms with Gasteiger partial charge in [-0.25, -0.2) is 4.98 Å². The van der Waals surface area contributed by atoms with Crippen molar-refractivity contribution >= 4 is 22.5 Å². The third kappa shape index (κ3) is 3.63. The maximum absolute atomic E-state index is 6.35. The molecule has 4 heteroatoms. The van der Waals surface area contributed by atoms with Crippen LogP contribution < -0.4 is 0 Å². The number of rotatable bonds is 4. The third-order valence-corrected chi connectivity index (χ3v) is 7.11. The van der Waals surface area contributed by atoms with Crippen molar-refractivity contribution in [1.29, 1.82) is 0 Å². The molecule has 4 aromatic rings. The van der Waals surface area contributed by atoms with E-state index in [-0.39, 0.29) is 0 Å².